The Balaban J connectivity index is 2.72. The zero-order chi connectivity index (χ0) is 13.1. The van der Waals surface area contributed by atoms with Crippen molar-refractivity contribution in [2.75, 3.05) is 7.11 Å². The molecule has 17 heavy (non-hydrogen) atoms. The minimum Gasteiger partial charge on any atom is -0.468 e. The molecule has 0 aliphatic carbocycles. The average molecular weight is 299 g/mol. The molecule has 1 atom stereocenters. The minimum atomic E-state index is -0.270. The highest BCUT2D eigenvalue weighted by molar-refractivity contribution is 9.10. The first-order valence-electron chi connectivity index (χ1n) is 5.66. The van der Waals surface area contributed by atoms with E-state index in [0.717, 1.165) is 5.56 Å². The van der Waals surface area contributed by atoms with E-state index in [9.17, 15) is 4.79 Å². The Morgan fingerprint density at radius 2 is 1.82 bits per heavy atom. The Kier molecular flexibility index (Phi) is 4.75. The highest BCUT2D eigenvalue weighted by Crippen LogP contribution is 2.23. The van der Waals surface area contributed by atoms with Crippen molar-refractivity contribution >= 4 is 21.9 Å². The minimum absolute atomic E-state index is 0.161. The summed E-state index contributed by atoms with van der Waals surface area (Å²) in [5.41, 5.74) is 2.59. The fourth-order valence-electron chi connectivity index (χ4n) is 1.56. The van der Waals surface area contributed by atoms with Crippen LogP contribution in [0.1, 0.15) is 31.9 Å². The van der Waals surface area contributed by atoms with Crippen LogP contribution < -0.4 is 0 Å². The first-order chi connectivity index (χ1) is 7.84. The van der Waals surface area contributed by atoms with Crippen LogP contribution in [0.3, 0.4) is 0 Å². The number of hydrogen-bond acceptors (Lipinski definition) is 2. The summed E-state index contributed by atoms with van der Waals surface area (Å²) in [6.07, 6.45) is 0.650. The number of carbonyl (C=O) groups excluding carboxylic acids is 1. The number of esters is 1. The normalized spacial score (nSPS) is 13.2. The van der Waals surface area contributed by atoms with E-state index in [1.807, 2.05) is 0 Å². The summed E-state index contributed by atoms with van der Waals surface area (Å²) in [6, 6.07) is 8.37. The van der Waals surface area contributed by atoms with Gasteiger partial charge in [0.15, 0.2) is 0 Å². The number of rotatable bonds is 3. The van der Waals surface area contributed by atoms with Gasteiger partial charge in [-0.3, -0.25) is 4.79 Å². The van der Waals surface area contributed by atoms with Crippen LogP contribution in [0.25, 0.3) is 0 Å². The van der Waals surface area contributed by atoms with Crippen molar-refractivity contribution in [3.63, 3.8) is 0 Å². The van der Waals surface area contributed by atoms with Gasteiger partial charge in [0.1, 0.15) is 4.83 Å². The first-order valence-corrected chi connectivity index (χ1v) is 6.57. The Morgan fingerprint density at radius 1 is 1.29 bits per heavy atom. The van der Waals surface area contributed by atoms with Crippen LogP contribution >= 0.6 is 15.9 Å². The van der Waals surface area contributed by atoms with Gasteiger partial charge in [0.05, 0.1) is 7.11 Å². The van der Waals surface area contributed by atoms with Gasteiger partial charge in [0.25, 0.3) is 0 Å². The number of ether oxygens (including phenoxy) is 1. The molecule has 0 N–H and O–H groups in total. The van der Waals surface area contributed by atoms with Crippen molar-refractivity contribution in [3.8, 4) is 0 Å². The summed E-state index contributed by atoms with van der Waals surface area (Å²) >= 11 is 3.32. The van der Waals surface area contributed by atoms with Gasteiger partial charge in [-0.05, 0) is 23.0 Å². The van der Waals surface area contributed by atoms with E-state index in [1.165, 1.54) is 12.7 Å². The predicted octanol–water partition coefficient (Wildman–Crippen LogP) is 3.46. The predicted molar refractivity (Wildman–Crippen MR) is 73.6 cm³/mol. The number of halogens is 1. The quantitative estimate of drug-likeness (QED) is 0.631. The van der Waals surface area contributed by atoms with Gasteiger partial charge in [-0.1, -0.05) is 61.0 Å². The molecule has 1 unspecified atom stereocenters. The Morgan fingerprint density at radius 3 is 2.24 bits per heavy atom. The molecule has 0 fully saturated rings. The molecule has 0 bridgehead atoms. The molecule has 0 amide bonds. The lowest BCUT2D eigenvalue weighted by molar-refractivity contribution is -0.139. The molecular weight excluding hydrogens is 280 g/mol. The standard InChI is InChI=1S/C14H19BrO2/c1-14(2,3)11-7-5-10(6-8-11)9-12(15)13(16)17-4/h5-8,12H,9H2,1-4H3. The van der Waals surface area contributed by atoms with Gasteiger partial charge < -0.3 is 4.74 Å². The van der Waals surface area contributed by atoms with Gasteiger partial charge in [-0.2, -0.15) is 0 Å². The van der Waals surface area contributed by atoms with E-state index in [4.69, 9.17) is 0 Å². The van der Waals surface area contributed by atoms with E-state index in [2.05, 4.69) is 65.7 Å². The molecule has 1 aromatic rings. The number of methoxy groups -OCH3 is 1. The summed E-state index contributed by atoms with van der Waals surface area (Å²) in [5, 5.41) is 0. The van der Waals surface area contributed by atoms with Crippen LogP contribution in [0.15, 0.2) is 24.3 Å². The zero-order valence-corrected chi connectivity index (χ0v) is 12.4. The van der Waals surface area contributed by atoms with Gasteiger partial charge >= 0.3 is 5.97 Å². The third kappa shape index (κ3) is 4.15. The van der Waals surface area contributed by atoms with Gasteiger partial charge in [0, 0.05) is 0 Å². The molecule has 0 saturated carbocycles. The van der Waals surface area contributed by atoms with Crippen molar-refractivity contribution in [3.05, 3.63) is 35.4 Å². The third-order valence-corrected chi connectivity index (χ3v) is 3.39. The van der Waals surface area contributed by atoms with E-state index in [0.29, 0.717) is 6.42 Å². The lowest BCUT2D eigenvalue weighted by atomic mass is 9.86. The first kappa shape index (κ1) is 14.2. The largest absolute Gasteiger partial charge is 0.468 e. The van der Waals surface area contributed by atoms with Gasteiger partial charge in [-0.25, -0.2) is 0 Å². The molecule has 3 heteroatoms. The van der Waals surface area contributed by atoms with Gasteiger partial charge in [0.2, 0.25) is 0 Å². The van der Waals surface area contributed by atoms with E-state index < -0.39 is 0 Å². The number of hydrogen-bond donors (Lipinski definition) is 0. The van der Waals surface area contributed by atoms with Crippen molar-refractivity contribution in [2.45, 2.75) is 37.4 Å². The van der Waals surface area contributed by atoms with Crippen LogP contribution in [-0.4, -0.2) is 17.9 Å². The lowest BCUT2D eigenvalue weighted by Gasteiger charge is -2.19. The second-order valence-electron chi connectivity index (χ2n) is 5.14. The molecule has 0 aliphatic heterocycles. The molecule has 94 valence electrons. The summed E-state index contributed by atoms with van der Waals surface area (Å²) in [4.78, 5) is 11.0. The molecule has 0 radical (unpaired) electrons. The van der Waals surface area contributed by atoms with E-state index in [1.54, 1.807) is 0 Å². The number of alkyl halides is 1. The maximum Gasteiger partial charge on any atom is 0.319 e. The van der Waals surface area contributed by atoms with Crippen LogP contribution in [0, 0.1) is 0 Å². The smallest absolute Gasteiger partial charge is 0.319 e. The molecule has 0 spiro atoms. The molecule has 2 nitrogen and oxygen atoms in total. The molecule has 0 aromatic heterocycles. The SMILES string of the molecule is COC(=O)C(Br)Cc1ccc(C(C)(C)C)cc1. The van der Waals surface area contributed by atoms with Crippen molar-refractivity contribution in [1.29, 1.82) is 0 Å². The summed E-state index contributed by atoms with van der Waals surface area (Å²) in [6.45, 7) is 6.55. The number of carbonyl (C=O) groups is 1. The Bertz CT molecular complexity index is 376. The topological polar surface area (TPSA) is 26.3 Å². The molecular formula is C14H19BrO2. The summed E-state index contributed by atoms with van der Waals surface area (Å²) < 4.78 is 4.68. The fourth-order valence-corrected chi connectivity index (χ4v) is 2.12. The Labute approximate surface area is 111 Å². The highest BCUT2D eigenvalue weighted by Gasteiger charge is 2.17. The number of benzene rings is 1. The summed E-state index contributed by atoms with van der Waals surface area (Å²) in [7, 11) is 1.40. The molecule has 0 saturated heterocycles. The van der Waals surface area contributed by atoms with Crippen LogP contribution in [-0.2, 0) is 21.4 Å². The van der Waals surface area contributed by atoms with Crippen molar-refractivity contribution < 1.29 is 9.53 Å². The monoisotopic (exact) mass is 298 g/mol. The summed E-state index contributed by atoms with van der Waals surface area (Å²) in [5.74, 6) is -0.232. The van der Waals surface area contributed by atoms with Crippen molar-refractivity contribution in [2.24, 2.45) is 0 Å². The second-order valence-corrected chi connectivity index (χ2v) is 6.25. The maximum absolute atomic E-state index is 11.3. The lowest BCUT2D eigenvalue weighted by Crippen LogP contribution is -2.18. The van der Waals surface area contributed by atoms with Crippen LogP contribution in [0.2, 0.25) is 0 Å². The molecule has 0 heterocycles. The Hall–Kier alpha value is -0.830. The van der Waals surface area contributed by atoms with Gasteiger partial charge in [-0.15, -0.1) is 0 Å². The van der Waals surface area contributed by atoms with E-state index in [-0.39, 0.29) is 16.2 Å². The third-order valence-electron chi connectivity index (χ3n) is 2.69. The molecule has 1 rings (SSSR count). The average Bonchev–Trinajstić information content (AvgIpc) is 2.27. The molecule has 1 aromatic carbocycles. The second kappa shape index (κ2) is 5.67. The molecule has 0 aliphatic rings. The maximum atomic E-state index is 11.3. The zero-order valence-electron chi connectivity index (χ0n) is 10.8. The van der Waals surface area contributed by atoms with Crippen LogP contribution in [0.5, 0.6) is 0 Å². The van der Waals surface area contributed by atoms with Crippen LogP contribution in [0.4, 0.5) is 0 Å². The highest BCUT2D eigenvalue weighted by atomic mass is 79.9. The van der Waals surface area contributed by atoms with Crippen molar-refractivity contribution in [1.82, 2.24) is 0 Å². The fraction of sp³-hybridized carbons (Fsp3) is 0.500. The van der Waals surface area contributed by atoms with E-state index >= 15 is 0 Å².